The molecule has 2 aromatic carbocycles. The monoisotopic (exact) mass is 294 g/mol. The molecule has 0 aliphatic carbocycles. The molecule has 1 aromatic heterocycles. The van der Waals surface area contributed by atoms with Crippen molar-refractivity contribution < 1.29 is 9.13 Å². The van der Waals surface area contributed by atoms with Crippen LogP contribution in [0.15, 0.2) is 54.6 Å². The SMILES string of the molecule is Cc1nc(C)c(F)c(Oc2ccc(-c3ccccc3)cc2)n1. The van der Waals surface area contributed by atoms with Crippen LogP contribution in [0.4, 0.5) is 4.39 Å². The molecule has 0 spiro atoms. The molecule has 0 saturated heterocycles. The molecule has 3 nitrogen and oxygen atoms in total. The van der Waals surface area contributed by atoms with Crippen LogP contribution in [0, 0.1) is 19.7 Å². The maximum Gasteiger partial charge on any atom is 0.259 e. The van der Waals surface area contributed by atoms with Crippen LogP contribution in [0.25, 0.3) is 11.1 Å². The van der Waals surface area contributed by atoms with E-state index in [1.807, 2.05) is 42.5 Å². The summed E-state index contributed by atoms with van der Waals surface area (Å²) >= 11 is 0. The fourth-order valence-corrected chi connectivity index (χ4v) is 2.19. The number of halogens is 1. The van der Waals surface area contributed by atoms with Crippen LogP contribution < -0.4 is 4.74 Å². The number of ether oxygens (including phenoxy) is 1. The van der Waals surface area contributed by atoms with Crippen molar-refractivity contribution in [2.75, 3.05) is 0 Å². The van der Waals surface area contributed by atoms with E-state index in [1.165, 1.54) is 0 Å². The van der Waals surface area contributed by atoms with Gasteiger partial charge in [0, 0.05) is 0 Å². The topological polar surface area (TPSA) is 35.0 Å². The van der Waals surface area contributed by atoms with Crippen LogP contribution in [0.3, 0.4) is 0 Å². The smallest absolute Gasteiger partial charge is 0.259 e. The van der Waals surface area contributed by atoms with E-state index in [-0.39, 0.29) is 11.6 Å². The quantitative estimate of drug-likeness (QED) is 0.702. The molecule has 1 heterocycles. The third kappa shape index (κ3) is 2.96. The maximum absolute atomic E-state index is 14.0. The molecule has 0 amide bonds. The number of nitrogens with zero attached hydrogens (tertiary/aromatic N) is 2. The molecule has 0 N–H and O–H groups in total. The molecular weight excluding hydrogens is 279 g/mol. The van der Waals surface area contributed by atoms with Gasteiger partial charge >= 0.3 is 0 Å². The van der Waals surface area contributed by atoms with Gasteiger partial charge in [-0.15, -0.1) is 0 Å². The summed E-state index contributed by atoms with van der Waals surface area (Å²) in [6.07, 6.45) is 0. The highest BCUT2D eigenvalue weighted by Crippen LogP contribution is 2.26. The van der Waals surface area contributed by atoms with Crippen molar-refractivity contribution >= 4 is 0 Å². The minimum Gasteiger partial charge on any atom is -0.436 e. The molecule has 4 heteroatoms. The highest BCUT2D eigenvalue weighted by molar-refractivity contribution is 5.63. The number of aryl methyl sites for hydroxylation is 2. The Morgan fingerprint density at radius 2 is 1.45 bits per heavy atom. The standard InChI is InChI=1S/C18H15FN2O/c1-12-17(19)18(21-13(2)20-12)22-16-10-8-15(9-11-16)14-6-4-3-5-7-14/h3-11H,1-2H3. The Hall–Kier alpha value is -2.75. The fraction of sp³-hybridized carbons (Fsp3) is 0.111. The van der Waals surface area contributed by atoms with Crippen LogP contribution in [0.5, 0.6) is 11.6 Å². The minimum absolute atomic E-state index is 0.0440. The van der Waals surface area contributed by atoms with Gasteiger partial charge in [0.15, 0.2) is 0 Å². The summed E-state index contributed by atoms with van der Waals surface area (Å²) in [4.78, 5) is 7.96. The Kier molecular flexibility index (Phi) is 3.83. The predicted octanol–water partition coefficient (Wildman–Crippen LogP) is 4.69. The van der Waals surface area contributed by atoms with Gasteiger partial charge in [0.1, 0.15) is 11.6 Å². The van der Waals surface area contributed by atoms with Crippen LogP contribution in [0.1, 0.15) is 11.5 Å². The first kappa shape index (κ1) is 14.2. The van der Waals surface area contributed by atoms with Crippen molar-refractivity contribution in [1.29, 1.82) is 0 Å². The lowest BCUT2D eigenvalue weighted by atomic mass is 10.1. The molecule has 0 atom stereocenters. The lowest BCUT2D eigenvalue weighted by Crippen LogP contribution is -2.00. The second-order valence-electron chi connectivity index (χ2n) is 4.97. The van der Waals surface area contributed by atoms with Gasteiger partial charge in [0.05, 0.1) is 5.69 Å². The summed E-state index contributed by atoms with van der Waals surface area (Å²) < 4.78 is 19.5. The summed E-state index contributed by atoms with van der Waals surface area (Å²) in [5, 5.41) is 0. The van der Waals surface area contributed by atoms with Crippen molar-refractivity contribution in [1.82, 2.24) is 9.97 Å². The zero-order chi connectivity index (χ0) is 15.5. The summed E-state index contributed by atoms with van der Waals surface area (Å²) in [6, 6.07) is 17.5. The van der Waals surface area contributed by atoms with E-state index in [4.69, 9.17) is 4.74 Å². The van der Waals surface area contributed by atoms with Crippen molar-refractivity contribution in [3.63, 3.8) is 0 Å². The van der Waals surface area contributed by atoms with E-state index in [9.17, 15) is 4.39 Å². The lowest BCUT2D eigenvalue weighted by molar-refractivity contribution is 0.415. The van der Waals surface area contributed by atoms with Gasteiger partial charge in [-0.2, -0.15) is 9.37 Å². The van der Waals surface area contributed by atoms with Crippen LogP contribution >= 0.6 is 0 Å². The molecular formula is C18H15FN2O. The Bertz CT molecular complexity index is 786. The normalized spacial score (nSPS) is 10.5. The van der Waals surface area contributed by atoms with Crippen LogP contribution in [-0.4, -0.2) is 9.97 Å². The van der Waals surface area contributed by atoms with E-state index in [1.54, 1.807) is 26.0 Å². The number of hydrogen-bond donors (Lipinski definition) is 0. The highest BCUT2D eigenvalue weighted by atomic mass is 19.1. The van der Waals surface area contributed by atoms with Crippen LogP contribution in [-0.2, 0) is 0 Å². The highest BCUT2D eigenvalue weighted by Gasteiger charge is 2.12. The first-order valence-electron chi connectivity index (χ1n) is 6.97. The van der Waals surface area contributed by atoms with Gasteiger partial charge in [-0.25, -0.2) is 4.98 Å². The average Bonchev–Trinajstić information content (AvgIpc) is 2.54. The molecule has 0 bridgehead atoms. The van der Waals surface area contributed by atoms with Gasteiger partial charge in [-0.1, -0.05) is 42.5 Å². The predicted molar refractivity (Wildman–Crippen MR) is 83.4 cm³/mol. The van der Waals surface area contributed by atoms with E-state index in [0.29, 0.717) is 11.6 Å². The fourth-order valence-electron chi connectivity index (χ4n) is 2.19. The largest absolute Gasteiger partial charge is 0.436 e. The Labute approximate surface area is 128 Å². The van der Waals surface area contributed by atoms with E-state index in [2.05, 4.69) is 9.97 Å². The molecule has 0 radical (unpaired) electrons. The van der Waals surface area contributed by atoms with E-state index in [0.717, 1.165) is 11.1 Å². The summed E-state index contributed by atoms with van der Waals surface area (Å²) in [7, 11) is 0. The molecule has 0 unspecified atom stereocenters. The number of rotatable bonds is 3. The first-order chi connectivity index (χ1) is 10.6. The molecule has 0 saturated carbocycles. The zero-order valence-corrected chi connectivity index (χ0v) is 12.4. The van der Waals surface area contributed by atoms with Gasteiger partial charge < -0.3 is 4.74 Å². The molecule has 0 aliphatic rings. The third-order valence-corrected chi connectivity index (χ3v) is 3.27. The van der Waals surface area contributed by atoms with E-state index >= 15 is 0 Å². The Morgan fingerprint density at radius 3 is 2.14 bits per heavy atom. The molecule has 0 fully saturated rings. The molecule has 3 aromatic rings. The van der Waals surface area contributed by atoms with Crippen molar-refractivity contribution in [2.45, 2.75) is 13.8 Å². The minimum atomic E-state index is -0.530. The molecule has 110 valence electrons. The van der Waals surface area contributed by atoms with Crippen molar-refractivity contribution in [3.8, 4) is 22.8 Å². The second kappa shape index (κ2) is 5.93. The number of benzene rings is 2. The zero-order valence-electron chi connectivity index (χ0n) is 12.4. The average molecular weight is 294 g/mol. The van der Waals surface area contributed by atoms with Crippen molar-refractivity contribution in [3.05, 3.63) is 71.9 Å². The maximum atomic E-state index is 14.0. The van der Waals surface area contributed by atoms with Gasteiger partial charge in [-0.05, 0) is 37.1 Å². The number of aromatic nitrogens is 2. The van der Waals surface area contributed by atoms with Crippen LogP contribution in [0.2, 0.25) is 0 Å². The lowest BCUT2D eigenvalue weighted by Gasteiger charge is -2.08. The van der Waals surface area contributed by atoms with E-state index < -0.39 is 5.82 Å². The molecule has 0 aliphatic heterocycles. The van der Waals surface area contributed by atoms with Gasteiger partial charge in [0.25, 0.3) is 5.88 Å². The third-order valence-electron chi connectivity index (χ3n) is 3.27. The summed E-state index contributed by atoms with van der Waals surface area (Å²) in [5.74, 6) is 0.445. The summed E-state index contributed by atoms with van der Waals surface area (Å²) in [5.41, 5.74) is 2.47. The molecule has 3 rings (SSSR count). The first-order valence-corrected chi connectivity index (χ1v) is 6.97. The van der Waals surface area contributed by atoms with Gasteiger partial charge in [-0.3, -0.25) is 0 Å². The Balaban J connectivity index is 1.86. The van der Waals surface area contributed by atoms with Crippen molar-refractivity contribution in [2.24, 2.45) is 0 Å². The second-order valence-corrected chi connectivity index (χ2v) is 4.97. The van der Waals surface area contributed by atoms with Gasteiger partial charge in [0.2, 0.25) is 5.82 Å². The number of hydrogen-bond acceptors (Lipinski definition) is 3. The Morgan fingerprint density at radius 1 is 0.818 bits per heavy atom. The molecule has 22 heavy (non-hydrogen) atoms. The summed E-state index contributed by atoms with van der Waals surface area (Å²) in [6.45, 7) is 3.30.